The zero-order valence-electron chi connectivity index (χ0n) is 10.9. The van der Waals surface area contributed by atoms with Crippen LogP contribution < -0.4 is 0 Å². The van der Waals surface area contributed by atoms with Crippen molar-refractivity contribution in [2.75, 3.05) is 13.1 Å². The highest BCUT2D eigenvalue weighted by molar-refractivity contribution is 5.94. The van der Waals surface area contributed by atoms with Gasteiger partial charge in [0.25, 0.3) is 5.91 Å². The summed E-state index contributed by atoms with van der Waals surface area (Å²) >= 11 is 0. The number of nitro groups is 1. The number of benzene rings is 1. The third-order valence-electron chi connectivity index (χ3n) is 3.41. The highest BCUT2D eigenvalue weighted by atomic mass is 19.1. The minimum atomic E-state index is -1.20. The van der Waals surface area contributed by atoms with Gasteiger partial charge in [-0.05, 0) is 24.8 Å². The average Bonchev–Trinajstić information content (AvgIpc) is 2.40. The van der Waals surface area contributed by atoms with Crippen LogP contribution in [-0.2, 0) is 0 Å². The maximum absolute atomic E-state index is 13.8. The molecular formula is C13H14F2N2O3. The lowest BCUT2D eigenvalue weighted by Gasteiger charge is -2.31. The quantitative estimate of drug-likeness (QED) is 0.619. The molecule has 1 fully saturated rings. The molecule has 1 saturated heterocycles. The van der Waals surface area contributed by atoms with E-state index in [1.807, 2.05) is 6.92 Å². The Hall–Kier alpha value is -2.05. The van der Waals surface area contributed by atoms with Crippen LogP contribution in [0.1, 0.15) is 30.1 Å². The van der Waals surface area contributed by atoms with Crippen LogP contribution in [0.15, 0.2) is 12.1 Å². The van der Waals surface area contributed by atoms with Crippen molar-refractivity contribution < 1.29 is 18.5 Å². The second-order valence-electron chi connectivity index (χ2n) is 5.04. The van der Waals surface area contributed by atoms with Crippen molar-refractivity contribution in [1.29, 1.82) is 0 Å². The lowest BCUT2D eigenvalue weighted by Crippen LogP contribution is -2.39. The summed E-state index contributed by atoms with van der Waals surface area (Å²) < 4.78 is 27.3. The van der Waals surface area contributed by atoms with Gasteiger partial charge in [-0.15, -0.1) is 0 Å². The van der Waals surface area contributed by atoms with E-state index in [0.29, 0.717) is 31.1 Å². The van der Waals surface area contributed by atoms with Crippen LogP contribution >= 0.6 is 0 Å². The van der Waals surface area contributed by atoms with Gasteiger partial charge >= 0.3 is 5.69 Å². The van der Waals surface area contributed by atoms with E-state index in [2.05, 4.69) is 0 Å². The number of nitrogens with zero attached hydrogens (tertiary/aromatic N) is 2. The molecule has 1 heterocycles. The zero-order valence-corrected chi connectivity index (χ0v) is 10.9. The molecule has 108 valence electrons. The molecule has 0 bridgehead atoms. The summed E-state index contributed by atoms with van der Waals surface area (Å²) in [5.41, 5.74) is -1.42. The molecule has 7 heteroatoms. The second kappa shape index (κ2) is 5.52. The van der Waals surface area contributed by atoms with E-state index >= 15 is 0 Å². The molecule has 1 aliphatic rings. The fraction of sp³-hybridized carbons (Fsp3) is 0.462. The Labute approximate surface area is 114 Å². The number of hydrogen-bond donors (Lipinski definition) is 0. The maximum atomic E-state index is 13.8. The third kappa shape index (κ3) is 2.76. The van der Waals surface area contributed by atoms with E-state index < -0.39 is 33.7 Å². The molecule has 1 amide bonds. The van der Waals surface area contributed by atoms with Gasteiger partial charge in [-0.1, -0.05) is 6.92 Å². The summed E-state index contributed by atoms with van der Waals surface area (Å²) in [5, 5.41) is 10.5. The van der Waals surface area contributed by atoms with Crippen molar-refractivity contribution >= 4 is 11.6 Å². The number of hydrogen-bond acceptors (Lipinski definition) is 3. The summed E-state index contributed by atoms with van der Waals surface area (Å²) in [7, 11) is 0. The zero-order chi connectivity index (χ0) is 14.9. The maximum Gasteiger partial charge on any atom is 0.307 e. The number of carbonyl (C=O) groups excluding carboxylic acids is 1. The van der Waals surface area contributed by atoms with Crippen LogP contribution in [0.4, 0.5) is 14.5 Å². The molecule has 0 aromatic heterocycles. The van der Waals surface area contributed by atoms with Crippen molar-refractivity contribution in [2.24, 2.45) is 5.92 Å². The van der Waals surface area contributed by atoms with Crippen molar-refractivity contribution in [3.05, 3.63) is 39.4 Å². The number of rotatable bonds is 2. The molecule has 0 saturated carbocycles. The molecule has 20 heavy (non-hydrogen) atoms. The van der Waals surface area contributed by atoms with Gasteiger partial charge in [-0.3, -0.25) is 14.9 Å². The SMILES string of the molecule is CC1CCCN(C(=O)c2cc(F)c([N+](=O)[O-])cc2F)C1. The van der Waals surface area contributed by atoms with Crippen molar-refractivity contribution in [3.63, 3.8) is 0 Å². The Balaban J connectivity index is 2.30. The van der Waals surface area contributed by atoms with Gasteiger partial charge in [0, 0.05) is 13.1 Å². The van der Waals surface area contributed by atoms with Crippen molar-refractivity contribution in [2.45, 2.75) is 19.8 Å². The van der Waals surface area contributed by atoms with Crippen LogP contribution in [0.2, 0.25) is 0 Å². The van der Waals surface area contributed by atoms with Gasteiger partial charge < -0.3 is 4.90 Å². The molecule has 1 aromatic carbocycles. The minimum Gasteiger partial charge on any atom is -0.338 e. The first-order valence-corrected chi connectivity index (χ1v) is 6.33. The number of carbonyl (C=O) groups is 1. The summed E-state index contributed by atoms with van der Waals surface area (Å²) in [5.74, 6) is -2.59. The normalized spacial score (nSPS) is 18.9. The topological polar surface area (TPSA) is 63.5 Å². The summed E-state index contributed by atoms with van der Waals surface area (Å²) in [6.45, 7) is 2.95. The van der Waals surface area contributed by atoms with Gasteiger partial charge in [0.15, 0.2) is 0 Å². The van der Waals surface area contributed by atoms with E-state index in [4.69, 9.17) is 0 Å². The van der Waals surface area contributed by atoms with Gasteiger partial charge in [0.05, 0.1) is 16.6 Å². The standard InChI is InChI=1S/C13H14F2N2O3/c1-8-3-2-4-16(7-8)13(18)9-5-11(15)12(17(19)20)6-10(9)14/h5-6,8H,2-4,7H2,1H3. The summed E-state index contributed by atoms with van der Waals surface area (Å²) in [4.78, 5) is 23.1. The van der Waals surface area contributed by atoms with E-state index in [0.717, 1.165) is 12.8 Å². The first-order chi connectivity index (χ1) is 9.40. The number of likely N-dealkylation sites (tertiary alicyclic amines) is 1. The monoisotopic (exact) mass is 284 g/mol. The van der Waals surface area contributed by atoms with Crippen LogP contribution in [-0.4, -0.2) is 28.8 Å². The van der Waals surface area contributed by atoms with Crippen molar-refractivity contribution in [3.8, 4) is 0 Å². The van der Waals surface area contributed by atoms with Gasteiger partial charge in [0.1, 0.15) is 5.82 Å². The van der Waals surface area contributed by atoms with E-state index in [1.54, 1.807) is 0 Å². The molecule has 2 rings (SSSR count). The molecule has 1 unspecified atom stereocenters. The Kier molecular flexibility index (Phi) is 3.96. The van der Waals surface area contributed by atoms with Crippen LogP contribution in [0, 0.1) is 27.7 Å². The van der Waals surface area contributed by atoms with Crippen LogP contribution in [0.25, 0.3) is 0 Å². The predicted molar refractivity (Wildman–Crippen MR) is 67.3 cm³/mol. The second-order valence-corrected chi connectivity index (χ2v) is 5.04. The molecule has 5 nitrogen and oxygen atoms in total. The Bertz CT molecular complexity index is 563. The van der Waals surface area contributed by atoms with E-state index in [1.165, 1.54) is 4.90 Å². The first kappa shape index (κ1) is 14.4. The first-order valence-electron chi connectivity index (χ1n) is 6.33. The number of halogens is 2. The van der Waals surface area contributed by atoms with E-state index in [-0.39, 0.29) is 0 Å². The fourth-order valence-corrected chi connectivity index (χ4v) is 2.38. The molecule has 1 aliphatic heterocycles. The Morgan fingerprint density at radius 1 is 1.40 bits per heavy atom. The highest BCUT2D eigenvalue weighted by Gasteiger charge is 2.27. The van der Waals surface area contributed by atoms with Crippen LogP contribution in [0.3, 0.4) is 0 Å². The fourth-order valence-electron chi connectivity index (χ4n) is 2.38. The van der Waals surface area contributed by atoms with Gasteiger partial charge in [0.2, 0.25) is 5.82 Å². The lowest BCUT2D eigenvalue weighted by molar-refractivity contribution is -0.387. The van der Waals surface area contributed by atoms with Gasteiger partial charge in [-0.2, -0.15) is 4.39 Å². The summed E-state index contributed by atoms with van der Waals surface area (Å²) in [6.07, 6.45) is 1.80. The summed E-state index contributed by atoms with van der Waals surface area (Å²) in [6, 6.07) is 1.06. The van der Waals surface area contributed by atoms with Crippen LogP contribution in [0.5, 0.6) is 0 Å². The Morgan fingerprint density at radius 3 is 2.70 bits per heavy atom. The Morgan fingerprint density at radius 2 is 2.10 bits per heavy atom. The van der Waals surface area contributed by atoms with E-state index in [9.17, 15) is 23.7 Å². The molecule has 0 aliphatic carbocycles. The van der Waals surface area contributed by atoms with Gasteiger partial charge in [-0.25, -0.2) is 4.39 Å². The smallest absolute Gasteiger partial charge is 0.307 e. The number of amides is 1. The largest absolute Gasteiger partial charge is 0.338 e. The molecule has 0 radical (unpaired) electrons. The number of piperidine rings is 1. The third-order valence-corrected chi connectivity index (χ3v) is 3.41. The predicted octanol–water partition coefficient (Wildman–Crippen LogP) is 2.75. The molecule has 1 atom stereocenters. The molecule has 1 aromatic rings. The van der Waals surface area contributed by atoms with Crippen molar-refractivity contribution in [1.82, 2.24) is 4.90 Å². The minimum absolute atomic E-state index is 0.304. The molecule has 0 spiro atoms. The average molecular weight is 284 g/mol. The molecular weight excluding hydrogens is 270 g/mol. The highest BCUT2D eigenvalue weighted by Crippen LogP contribution is 2.24. The molecule has 0 N–H and O–H groups in total. The number of nitro benzene ring substituents is 1. The lowest BCUT2D eigenvalue weighted by atomic mass is 9.99.